The second kappa shape index (κ2) is 6.51. The van der Waals surface area contributed by atoms with E-state index >= 15 is 0 Å². The first-order valence-corrected chi connectivity index (χ1v) is 5.78. The topological polar surface area (TPSA) is 37.3 Å². The van der Waals surface area contributed by atoms with Gasteiger partial charge in [0.25, 0.3) is 0 Å². The molecule has 2 nitrogen and oxygen atoms in total. The first-order chi connectivity index (χ1) is 7.25. The summed E-state index contributed by atoms with van der Waals surface area (Å²) >= 11 is 0. The zero-order chi connectivity index (χ0) is 12.8. The Morgan fingerprint density at radius 2 is 1.75 bits per heavy atom. The molecule has 1 N–H and O–H groups in total. The molecule has 0 aliphatic carbocycles. The SMILES string of the molecule is CC(C)=CCC/C(C)=C/CC(C)(C)C(=O)O. The molecule has 0 aliphatic rings. The van der Waals surface area contributed by atoms with E-state index in [1.807, 2.05) is 6.08 Å². The lowest BCUT2D eigenvalue weighted by atomic mass is 9.88. The average molecular weight is 224 g/mol. The second-order valence-electron chi connectivity index (χ2n) is 5.26. The summed E-state index contributed by atoms with van der Waals surface area (Å²) in [6.45, 7) is 9.76. The van der Waals surface area contributed by atoms with Crippen LogP contribution in [0, 0.1) is 5.41 Å². The van der Waals surface area contributed by atoms with Gasteiger partial charge in [-0.3, -0.25) is 4.79 Å². The van der Waals surface area contributed by atoms with Crippen molar-refractivity contribution >= 4 is 5.97 Å². The van der Waals surface area contributed by atoms with Gasteiger partial charge in [0.15, 0.2) is 0 Å². The number of hydrogen-bond donors (Lipinski definition) is 1. The second-order valence-corrected chi connectivity index (χ2v) is 5.26. The van der Waals surface area contributed by atoms with Crippen LogP contribution in [0.1, 0.15) is 53.9 Å². The molecule has 0 amide bonds. The molecule has 2 heteroatoms. The van der Waals surface area contributed by atoms with Gasteiger partial charge in [-0.15, -0.1) is 0 Å². The third-order valence-electron chi connectivity index (χ3n) is 2.63. The van der Waals surface area contributed by atoms with E-state index in [2.05, 4.69) is 26.8 Å². The van der Waals surface area contributed by atoms with Crippen molar-refractivity contribution in [3.63, 3.8) is 0 Å². The van der Waals surface area contributed by atoms with Crippen LogP contribution in [0.15, 0.2) is 23.3 Å². The molecule has 0 radical (unpaired) electrons. The number of hydrogen-bond acceptors (Lipinski definition) is 1. The Morgan fingerprint density at radius 3 is 2.19 bits per heavy atom. The van der Waals surface area contributed by atoms with Crippen molar-refractivity contribution in [2.75, 3.05) is 0 Å². The molecule has 0 fully saturated rings. The quantitative estimate of drug-likeness (QED) is 0.687. The summed E-state index contributed by atoms with van der Waals surface area (Å²) in [6, 6.07) is 0. The number of allylic oxidation sites excluding steroid dienone is 4. The molecule has 0 spiro atoms. The fraction of sp³-hybridized carbons (Fsp3) is 0.643. The molecule has 0 heterocycles. The van der Waals surface area contributed by atoms with Gasteiger partial charge in [-0.05, 0) is 53.9 Å². The molecule has 0 aliphatic heterocycles. The Kier molecular flexibility index (Phi) is 6.09. The molecule has 0 saturated carbocycles. The predicted molar refractivity (Wildman–Crippen MR) is 68.5 cm³/mol. The number of carboxylic acid groups (broad SMARTS) is 1. The molecule has 0 aromatic rings. The van der Waals surface area contributed by atoms with E-state index in [4.69, 9.17) is 5.11 Å². The Balaban J connectivity index is 4.15. The van der Waals surface area contributed by atoms with Crippen LogP contribution in [0.2, 0.25) is 0 Å². The first-order valence-electron chi connectivity index (χ1n) is 5.78. The van der Waals surface area contributed by atoms with Crippen LogP contribution in [0.4, 0.5) is 0 Å². The summed E-state index contributed by atoms with van der Waals surface area (Å²) in [5.41, 5.74) is 1.95. The monoisotopic (exact) mass is 224 g/mol. The van der Waals surface area contributed by atoms with E-state index in [1.165, 1.54) is 11.1 Å². The minimum absolute atomic E-state index is 0.600. The highest BCUT2D eigenvalue weighted by Gasteiger charge is 2.25. The smallest absolute Gasteiger partial charge is 0.309 e. The molecule has 0 atom stereocenters. The molecule has 0 unspecified atom stereocenters. The van der Waals surface area contributed by atoms with E-state index in [0.717, 1.165) is 12.8 Å². The summed E-state index contributed by atoms with van der Waals surface area (Å²) in [7, 11) is 0. The van der Waals surface area contributed by atoms with E-state index in [9.17, 15) is 4.79 Å². The van der Waals surface area contributed by atoms with Crippen LogP contribution in [0.25, 0.3) is 0 Å². The van der Waals surface area contributed by atoms with Gasteiger partial charge in [0.1, 0.15) is 0 Å². The fourth-order valence-electron chi connectivity index (χ4n) is 1.21. The van der Waals surface area contributed by atoms with Crippen molar-refractivity contribution in [3.8, 4) is 0 Å². The molecule has 0 aromatic heterocycles. The maximum Gasteiger partial charge on any atom is 0.309 e. The van der Waals surface area contributed by atoms with Crippen LogP contribution in [0.5, 0.6) is 0 Å². The van der Waals surface area contributed by atoms with Crippen molar-refractivity contribution in [3.05, 3.63) is 23.3 Å². The van der Waals surface area contributed by atoms with E-state index in [0.29, 0.717) is 6.42 Å². The summed E-state index contributed by atoms with van der Waals surface area (Å²) in [6.07, 6.45) is 6.91. The van der Waals surface area contributed by atoms with Crippen molar-refractivity contribution in [1.29, 1.82) is 0 Å². The van der Waals surface area contributed by atoms with Crippen molar-refractivity contribution in [2.45, 2.75) is 53.9 Å². The van der Waals surface area contributed by atoms with Crippen LogP contribution in [-0.2, 0) is 4.79 Å². The molecular weight excluding hydrogens is 200 g/mol. The zero-order valence-corrected chi connectivity index (χ0v) is 11.1. The Morgan fingerprint density at radius 1 is 1.19 bits per heavy atom. The normalized spacial score (nSPS) is 12.4. The van der Waals surface area contributed by atoms with Gasteiger partial charge in [0.2, 0.25) is 0 Å². The Labute approximate surface area is 99.1 Å². The van der Waals surface area contributed by atoms with Crippen LogP contribution < -0.4 is 0 Å². The summed E-state index contributed by atoms with van der Waals surface area (Å²) in [5, 5.41) is 8.96. The minimum atomic E-state index is -0.735. The number of rotatable bonds is 6. The first kappa shape index (κ1) is 14.9. The highest BCUT2D eigenvalue weighted by atomic mass is 16.4. The lowest BCUT2D eigenvalue weighted by Gasteiger charge is -2.16. The minimum Gasteiger partial charge on any atom is -0.481 e. The number of aliphatic carboxylic acids is 1. The van der Waals surface area contributed by atoms with Crippen LogP contribution >= 0.6 is 0 Å². The highest BCUT2D eigenvalue weighted by molar-refractivity contribution is 5.73. The van der Waals surface area contributed by atoms with Crippen molar-refractivity contribution < 1.29 is 9.90 Å². The van der Waals surface area contributed by atoms with E-state index < -0.39 is 11.4 Å². The lowest BCUT2D eigenvalue weighted by Crippen LogP contribution is -2.22. The highest BCUT2D eigenvalue weighted by Crippen LogP contribution is 2.22. The molecule has 0 saturated heterocycles. The van der Waals surface area contributed by atoms with Crippen LogP contribution in [0.3, 0.4) is 0 Å². The van der Waals surface area contributed by atoms with Crippen molar-refractivity contribution in [1.82, 2.24) is 0 Å². The Bertz CT molecular complexity index is 292. The maximum absolute atomic E-state index is 10.9. The largest absolute Gasteiger partial charge is 0.481 e. The average Bonchev–Trinajstić information content (AvgIpc) is 2.14. The van der Waals surface area contributed by atoms with Gasteiger partial charge in [0.05, 0.1) is 5.41 Å². The molecule has 16 heavy (non-hydrogen) atoms. The predicted octanol–water partition coefficient (Wildman–Crippen LogP) is 4.18. The molecule has 0 rings (SSSR count). The Hall–Kier alpha value is -1.05. The zero-order valence-electron chi connectivity index (χ0n) is 11.1. The number of carbonyl (C=O) groups is 1. The third-order valence-corrected chi connectivity index (χ3v) is 2.63. The summed E-state index contributed by atoms with van der Waals surface area (Å²) in [5.74, 6) is -0.735. The third kappa shape index (κ3) is 6.44. The van der Waals surface area contributed by atoms with Gasteiger partial charge in [-0.1, -0.05) is 23.3 Å². The molecule has 92 valence electrons. The van der Waals surface area contributed by atoms with Gasteiger partial charge in [-0.25, -0.2) is 0 Å². The van der Waals surface area contributed by atoms with E-state index in [-0.39, 0.29) is 0 Å². The molecular formula is C14H24O2. The van der Waals surface area contributed by atoms with Gasteiger partial charge >= 0.3 is 5.97 Å². The fourth-order valence-corrected chi connectivity index (χ4v) is 1.21. The van der Waals surface area contributed by atoms with E-state index in [1.54, 1.807) is 13.8 Å². The van der Waals surface area contributed by atoms with Gasteiger partial charge < -0.3 is 5.11 Å². The van der Waals surface area contributed by atoms with Crippen molar-refractivity contribution in [2.24, 2.45) is 5.41 Å². The molecule has 0 aromatic carbocycles. The summed E-state index contributed by atoms with van der Waals surface area (Å²) in [4.78, 5) is 10.9. The van der Waals surface area contributed by atoms with Gasteiger partial charge in [-0.2, -0.15) is 0 Å². The summed E-state index contributed by atoms with van der Waals surface area (Å²) < 4.78 is 0. The lowest BCUT2D eigenvalue weighted by molar-refractivity contribution is -0.146. The standard InChI is InChI=1S/C14H24O2/c1-11(2)7-6-8-12(3)9-10-14(4,5)13(15)16/h7,9H,6,8,10H2,1-5H3,(H,15,16)/b12-9+. The number of carboxylic acids is 1. The van der Waals surface area contributed by atoms with Crippen LogP contribution in [-0.4, -0.2) is 11.1 Å². The van der Waals surface area contributed by atoms with Gasteiger partial charge in [0, 0.05) is 0 Å². The molecule has 0 bridgehead atoms. The maximum atomic E-state index is 10.9.